The average molecular weight is 1050 g/mol. The molecule has 2 aliphatic rings. The van der Waals surface area contributed by atoms with Crippen molar-refractivity contribution in [3.05, 3.63) is 85.1 Å². The summed E-state index contributed by atoms with van der Waals surface area (Å²) in [5.41, 5.74) is 0. The number of hydrogen-bond donors (Lipinski definition) is 7. The number of esters is 2. The normalized spacial score (nSPS) is 25.3. The van der Waals surface area contributed by atoms with Crippen LogP contribution in [-0.2, 0) is 38.0 Å². The van der Waals surface area contributed by atoms with Crippen LogP contribution in [0.15, 0.2) is 85.1 Å². The van der Waals surface area contributed by atoms with E-state index >= 15 is 0 Å². The van der Waals surface area contributed by atoms with Gasteiger partial charge in [-0.2, -0.15) is 0 Å². The molecule has 15 nitrogen and oxygen atoms in total. The van der Waals surface area contributed by atoms with Crippen LogP contribution in [0.5, 0.6) is 0 Å². The van der Waals surface area contributed by atoms with Crippen molar-refractivity contribution >= 4 is 11.9 Å². The summed E-state index contributed by atoms with van der Waals surface area (Å²) < 4.78 is 33.6. The fraction of sp³-hybridized carbons (Fsp3) is 0.729. The molecule has 0 radical (unpaired) electrons. The molecule has 2 heterocycles. The number of aliphatic hydroxyl groups is 7. The second kappa shape index (κ2) is 44.8. The van der Waals surface area contributed by atoms with Crippen LogP contribution >= 0.6 is 0 Å². The first kappa shape index (κ1) is 66.8. The Balaban J connectivity index is 1.81. The third kappa shape index (κ3) is 31.7. The van der Waals surface area contributed by atoms with Gasteiger partial charge < -0.3 is 64.2 Å². The highest BCUT2D eigenvalue weighted by atomic mass is 16.7. The van der Waals surface area contributed by atoms with Gasteiger partial charge in [0.25, 0.3) is 0 Å². The van der Waals surface area contributed by atoms with E-state index in [-0.39, 0.29) is 19.4 Å². The van der Waals surface area contributed by atoms with Crippen LogP contribution in [0.1, 0.15) is 181 Å². The fourth-order valence-electron chi connectivity index (χ4n) is 8.30. The minimum absolute atomic E-state index is 0.0359. The Morgan fingerprint density at radius 3 is 1.39 bits per heavy atom. The molecule has 0 spiro atoms. The molecular weight excluding hydrogens is 949 g/mol. The summed E-state index contributed by atoms with van der Waals surface area (Å²) in [6.45, 7) is 2.40. The zero-order chi connectivity index (χ0) is 53.9. The monoisotopic (exact) mass is 1050 g/mol. The molecule has 2 saturated heterocycles. The van der Waals surface area contributed by atoms with Gasteiger partial charge >= 0.3 is 11.9 Å². The standard InChI is InChI=1S/C59H98O15/c1-3-5-7-9-11-13-15-17-19-21-23-25-27-29-31-33-35-37-39-41-50(61)69-44-47(72-51(62)42-40-38-36-34-32-30-28-26-24-22-20-18-16-14-12-10-8-6-4-2)45-70-58-57(68)55(66)53(64)49(74-58)46-71-59-56(67)54(65)52(63)48(43-60)73-59/h6,8,12,14,17-20,24,26,30,32,36,38,47-49,52-60,63-68H,3-5,7,9-11,13,15-16,21-23,25,27-29,31,33-35,37,39-46H2,1-2H3/b8-6+,14-12+,19-17+,20-18+,26-24+,32-30+,38-36+/t47-,48+,49+,52-,53-,54?,55?,56?,57?,58+,59+/m0/s1. The van der Waals surface area contributed by atoms with Gasteiger partial charge in [-0.25, -0.2) is 0 Å². The summed E-state index contributed by atoms with van der Waals surface area (Å²) in [6, 6.07) is 0. The van der Waals surface area contributed by atoms with Gasteiger partial charge in [0.05, 0.1) is 19.8 Å². The largest absolute Gasteiger partial charge is 0.462 e. The lowest BCUT2D eigenvalue weighted by molar-refractivity contribution is -0.332. The number of rotatable bonds is 43. The smallest absolute Gasteiger partial charge is 0.306 e. The average Bonchev–Trinajstić information content (AvgIpc) is 3.39. The van der Waals surface area contributed by atoms with Crippen LogP contribution in [-0.4, -0.2) is 142 Å². The maximum Gasteiger partial charge on any atom is 0.306 e. The van der Waals surface area contributed by atoms with Gasteiger partial charge in [-0.3, -0.25) is 9.59 Å². The lowest BCUT2D eigenvalue weighted by Gasteiger charge is -2.42. The number of allylic oxidation sites excluding steroid dienone is 14. The topological polar surface area (TPSA) is 231 Å². The lowest BCUT2D eigenvalue weighted by Crippen LogP contribution is -2.61. The Hall–Kier alpha value is -3.32. The molecule has 0 aromatic carbocycles. The Morgan fingerprint density at radius 2 is 0.878 bits per heavy atom. The van der Waals surface area contributed by atoms with E-state index in [0.29, 0.717) is 19.3 Å². The number of hydrogen-bond acceptors (Lipinski definition) is 15. The maximum absolute atomic E-state index is 13.0. The van der Waals surface area contributed by atoms with Gasteiger partial charge in [0.15, 0.2) is 18.7 Å². The van der Waals surface area contributed by atoms with Crippen molar-refractivity contribution in [2.75, 3.05) is 26.4 Å². The Morgan fingerprint density at radius 1 is 0.446 bits per heavy atom. The van der Waals surface area contributed by atoms with E-state index in [1.807, 2.05) is 12.2 Å². The molecule has 0 amide bonds. The second-order valence-corrected chi connectivity index (χ2v) is 19.4. The van der Waals surface area contributed by atoms with Crippen molar-refractivity contribution in [2.45, 2.75) is 248 Å². The van der Waals surface area contributed by atoms with Gasteiger partial charge in [-0.05, 0) is 77.0 Å². The number of aliphatic hydroxyl groups excluding tert-OH is 7. The number of carbonyl (C=O) groups excluding carboxylic acids is 2. The predicted octanol–water partition coefficient (Wildman–Crippen LogP) is 9.16. The second-order valence-electron chi connectivity index (χ2n) is 19.4. The van der Waals surface area contributed by atoms with Crippen LogP contribution in [0.2, 0.25) is 0 Å². The molecule has 424 valence electrons. The van der Waals surface area contributed by atoms with Crippen LogP contribution in [0.3, 0.4) is 0 Å². The third-order valence-electron chi connectivity index (χ3n) is 12.9. The first-order valence-electron chi connectivity index (χ1n) is 28.2. The van der Waals surface area contributed by atoms with Gasteiger partial charge in [-0.1, -0.05) is 176 Å². The van der Waals surface area contributed by atoms with Crippen molar-refractivity contribution in [3.63, 3.8) is 0 Å². The van der Waals surface area contributed by atoms with Gasteiger partial charge in [-0.15, -0.1) is 0 Å². The fourth-order valence-corrected chi connectivity index (χ4v) is 8.30. The first-order valence-corrected chi connectivity index (χ1v) is 28.2. The molecule has 0 aromatic rings. The Labute approximate surface area is 444 Å². The molecule has 2 fully saturated rings. The molecule has 0 aliphatic carbocycles. The highest BCUT2D eigenvalue weighted by Crippen LogP contribution is 2.26. The van der Waals surface area contributed by atoms with Crippen molar-refractivity contribution in [1.82, 2.24) is 0 Å². The van der Waals surface area contributed by atoms with E-state index < -0.39 is 99.3 Å². The molecule has 0 bridgehead atoms. The summed E-state index contributed by atoms with van der Waals surface area (Å²) in [5.74, 6) is -1.03. The number of ether oxygens (including phenoxy) is 6. The number of carbonyl (C=O) groups is 2. The summed E-state index contributed by atoms with van der Waals surface area (Å²) in [7, 11) is 0. The zero-order valence-electron chi connectivity index (χ0n) is 45.0. The quantitative estimate of drug-likeness (QED) is 0.0172. The van der Waals surface area contributed by atoms with Crippen LogP contribution in [0, 0.1) is 0 Å². The van der Waals surface area contributed by atoms with Gasteiger partial charge in [0.2, 0.25) is 0 Å². The minimum Gasteiger partial charge on any atom is -0.462 e. The Kier molecular flexibility index (Phi) is 40.4. The maximum atomic E-state index is 13.0. The van der Waals surface area contributed by atoms with Gasteiger partial charge in [0, 0.05) is 12.8 Å². The van der Waals surface area contributed by atoms with E-state index in [9.17, 15) is 45.3 Å². The zero-order valence-corrected chi connectivity index (χ0v) is 45.0. The molecule has 2 rings (SSSR count). The summed E-state index contributed by atoms with van der Waals surface area (Å²) in [4.78, 5) is 25.8. The van der Waals surface area contributed by atoms with Crippen molar-refractivity contribution in [1.29, 1.82) is 0 Å². The van der Waals surface area contributed by atoms with E-state index in [1.165, 1.54) is 77.0 Å². The van der Waals surface area contributed by atoms with Crippen LogP contribution in [0.4, 0.5) is 0 Å². The van der Waals surface area contributed by atoms with E-state index in [4.69, 9.17) is 28.4 Å². The molecule has 2 aliphatic heterocycles. The molecule has 0 aromatic heterocycles. The van der Waals surface area contributed by atoms with Crippen molar-refractivity contribution in [2.24, 2.45) is 0 Å². The van der Waals surface area contributed by atoms with Crippen LogP contribution < -0.4 is 0 Å². The molecule has 15 heteroatoms. The molecule has 7 N–H and O–H groups in total. The van der Waals surface area contributed by atoms with Gasteiger partial charge in [0.1, 0.15) is 55.4 Å². The predicted molar refractivity (Wildman–Crippen MR) is 289 cm³/mol. The first-order chi connectivity index (χ1) is 36.0. The minimum atomic E-state index is -1.78. The molecule has 0 saturated carbocycles. The SMILES string of the molecule is CC/C=C/C/C=C/C/C=C/C/C=C/C/C=C/C/C=C/CCC(=O)O[C@@H](COC(=O)CCCCCCCCCCC/C=C/CCCCCCCC)CO[C@@H]1O[C@H](CO[C@@H]2O[C@H](CO)[C@H](O)C(O)C2O)[C@H](O)C(O)C1O. The highest BCUT2D eigenvalue weighted by molar-refractivity contribution is 5.70. The van der Waals surface area contributed by atoms with Crippen LogP contribution in [0.25, 0.3) is 0 Å². The number of unbranched alkanes of at least 4 members (excludes halogenated alkanes) is 15. The van der Waals surface area contributed by atoms with Crippen molar-refractivity contribution in [3.8, 4) is 0 Å². The summed E-state index contributed by atoms with van der Waals surface area (Å²) in [6.07, 6.45) is 39.0. The van der Waals surface area contributed by atoms with Crippen molar-refractivity contribution < 1.29 is 73.8 Å². The van der Waals surface area contributed by atoms with E-state index in [2.05, 4.69) is 86.8 Å². The molecular formula is C59H98O15. The summed E-state index contributed by atoms with van der Waals surface area (Å²) >= 11 is 0. The van der Waals surface area contributed by atoms with E-state index in [1.54, 1.807) is 0 Å². The van der Waals surface area contributed by atoms with E-state index in [0.717, 1.165) is 57.8 Å². The third-order valence-corrected chi connectivity index (χ3v) is 12.9. The summed E-state index contributed by atoms with van der Waals surface area (Å²) in [5, 5.41) is 72.2. The molecule has 74 heavy (non-hydrogen) atoms. The Bertz CT molecular complexity index is 1610. The molecule has 11 atom stereocenters. The lowest BCUT2D eigenvalue weighted by atomic mass is 9.98. The highest BCUT2D eigenvalue weighted by Gasteiger charge is 2.47. The molecule has 4 unspecified atom stereocenters.